The van der Waals surface area contributed by atoms with Crippen molar-refractivity contribution < 1.29 is 9.53 Å². The lowest BCUT2D eigenvalue weighted by Crippen LogP contribution is -2.35. The Hall–Kier alpha value is -1.85. The molecule has 1 saturated carbocycles. The average molecular weight is 402 g/mol. The van der Waals surface area contributed by atoms with Gasteiger partial charge in [-0.05, 0) is 83.5 Å². The summed E-state index contributed by atoms with van der Waals surface area (Å²) in [5, 5.41) is 5.91. The van der Waals surface area contributed by atoms with E-state index in [4.69, 9.17) is 4.74 Å². The Kier molecular flexibility index (Phi) is 10.8. The number of likely N-dealkylation sites (N-methyl/N-ethyl adjacent to an activating group) is 1. The second-order valence-corrected chi connectivity index (χ2v) is 8.33. The molecule has 162 valence electrons. The van der Waals surface area contributed by atoms with Crippen LogP contribution in [0, 0.1) is 12.8 Å². The predicted octanol–water partition coefficient (Wildman–Crippen LogP) is 4.98. The van der Waals surface area contributed by atoms with Crippen LogP contribution in [0.15, 0.2) is 36.9 Å². The standard InChI is InChI=1S/C24H39N3O2/c1-4-16-27(3)17-6-5-7-18-29-23-14-10-21(11-15-23)19-25-24(28)26-22-12-8-20(2)9-13-22/h4,8-9,12-13,21,23H,1,5-7,10-11,14-19H2,2-3H3,(H2,25,26,28). The van der Waals surface area contributed by atoms with E-state index in [0.717, 1.165) is 64.0 Å². The largest absolute Gasteiger partial charge is 0.378 e. The third-order valence-electron chi connectivity index (χ3n) is 5.63. The van der Waals surface area contributed by atoms with Crippen LogP contribution in [0.1, 0.15) is 50.5 Å². The van der Waals surface area contributed by atoms with Gasteiger partial charge in [0, 0.05) is 25.4 Å². The number of aryl methyl sites for hydroxylation is 1. The summed E-state index contributed by atoms with van der Waals surface area (Å²) in [5.41, 5.74) is 2.02. The molecule has 1 aromatic carbocycles. The van der Waals surface area contributed by atoms with Gasteiger partial charge in [-0.3, -0.25) is 0 Å². The Bertz CT molecular complexity index is 595. The normalized spacial score (nSPS) is 19.1. The minimum absolute atomic E-state index is 0.119. The Balaban J connectivity index is 1.49. The highest BCUT2D eigenvalue weighted by molar-refractivity contribution is 5.89. The van der Waals surface area contributed by atoms with E-state index in [-0.39, 0.29) is 6.03 Å². The van der Waals surface area contributed by atoms with Crippen LogP contribution in [0.3, 0.4) is 0 Å². The van der Waals surface area contributed by atoms with Crippen LogP contribution >= 0.6 is 0 Å². The molecule has 2 N–H and O–H groups in total. The number of carbonyl (C=O) groups excluding carboxylic acids is 1. The lowest BCUT2D eigenvalue weighted by atomic mass is 9.87. The molecule has 29 heavy (non-hydrogen) atoms. The van der Waals surface area contributed by atoms with Gasteiger partial charge in [-0.15, -0.1) is 6.58 Å². The predicted molar refractivity (Wildman–Crippen MR) is 121 cm³/mol. The number of anilines is 1. The van der Waals surface area contributed by atoms with Gasteiger partial charge in [0.2, 0.25) is 0 Å². The van der Waals surface area contributed by atoms with Crippen molar-refractivity contribution >= 4 is 11.7 Å². The SMILES string of the molecule is C=CCN(C)CCCCCOC1CCC(CNC(=O)Nc2ccc(C)cc2)CC1. The van der Waals surface area contributed by atoms with Crippen LogP contribution in [0.2, 0.25) is 0 Å². The monoisotopic (exact) mass is 401 g/mol. The number of nitrogens with zero attached hydrogens (tertiary/aromatic N) is 1. The molecule has 0 saturated heterocycles. The van der Waals surface area contributed by atoms with E-state index < -0.39 is 0 Å². The van der Waals surface area contributed by atoms with Gasteiger partial charge >= 0.3 is 6.03 Å². The zero-order valence-corrected chi connectivity index (χ0v) is 18.3. The molecule has 2 amide bonds. The fourth-order valence-electron chi connectivity index (χ4n) is 3.77. The summed E-state index contributed by atoms with van der Waals surface area (Å²) in [7, 11) is 2.14. The maximum atomic E-state index is 12.1. The van der Waals surface area contributed by atoms with Crippen LogP contribution in [-0.2, 0) is 4.74 Å². The highest BCUT2D eigenvalue weighted by Crippen LogP contribution is 2.26. The number of hydrogen-bond donors (Lipinski definition) is 2. The van der Waals surface area contributed by atoms with Crippen molar-refractivity contribution in [2.45, 2.75) is 58.0 Å². The third kappa shape index (κ3) is 9.95. The molecular weight excluding hydrogens is 362 g/mol. The smallest absolute Gasteiger partial charge is 0.319 e. The van der Waals surface area contributed by atoms with E-state index in [1.165, 1.54) is 18.4 Å². The summed E-state index contributed by atoms with van der Waals surface area (Å²) in [6, 6.07) is 7.73. The van der Waals surface area contributed by atoms with Gasteiger partial charge in [0.15, 0.2) is 0 Å². The number of ether oxygens (including phenoxy) is 1. The van der Waals surface area contributed by atoms with Crippen LogP contribution < -0.4 is 10.6 Å². The van der Waals surface area contributed by atoms with Crippen molar-refractivity contribution in [3.05, 3.63) is 42.5 Å². The van der Waals surface area contributed by atoms with Gasteiger partial charge in [-0.2, -0.15) is 0 Å². The number of amides is 2. The lowest BCUT2D eigenvalue weighted by molar-refractivity contribution is 0.0164. The fourth-order valence-corrected chi connectivity index (χ4v) is 3.77. The van der Waals surface area contributed by atoms with E-state index in [9.17, 15) is 4.79 Å². The number of rotatable bonds is 12. The van der Waals surface area contributed by atoms with Gasteiger partial charge in [0.25, 0.3) is 0 Å². The van der Waals surface area contributed by atoms with Crippen LogP contribution in [0.5, 0.6) is 0 Å². The molecule has 1 aliphatic carbocycles. The minimum atomic E-state index is -0.119. The van der Waals surface area contributed by atoms with Crippen LogP contribution in [-0.4, -0.2) is 50.3 Å². The quantitative estimate of drug-likeness (QED) is 0.384. The molecule has 0 atom stereocenters. The number of hydrogen-bond acceptors (Lipinski definition) is 3. The van der Waals surface area contributed by atoms with Crippen molar-refractivity contribution in [3.63, 3.8) is 0 Å². The van der Waals surface area contributed by atoms with Gasteiger partial charge in [0.05, 0.1) is 6.10 Å². The Morgan fingerprint density at radius 2 is 1.90 bits per heavy atom. The number of carbonyl (C=O) groups is 1. The first-order valence-corrected chi connectivity index (χ1v) is 11.1. The molecule has 1 aromatic rings. The third-order valence-corrected chi connectivity index (χ3v) is 5.63. The Morgan fingerprint density at radius 1 is 1.17 bits per heavy atom. The van der Waals surface area contributed by atoms with Gasteiger partial charge < -0.3 is 20.3 Å². The summed E-state index contributed by atoms with van der Waals surface area (Å²) in [6.07, 6.45) is 10.4. The highest BCUT2D eigenvalue weighted by Gasteiger charge is 2.21. The van der Waals surface area contributed by atoms with Crippen molar-refractivity contribution in [1.29, 1.82) is 0 Å². The van der Waals surface area contributed by atoms with Gasteiger partial charge in [0.1, 0.15) is 0 Å². The molecular formula is C24H39N3O2. The second kappa shape index (κ2) is 13.4. The number of urea groups is 1. The Morgan fingerprint density at radius 3 is 2.59 bits per heavy atom. The molecule has 0 aliphatic heterocycles. The highest BCUT2D eigenvalue weighted by atomic mass is 16.5. The van der Waals surface area contributed by atoms with Crippen molar-refractivity contribution in [1.82, 2.24) is 10.2 Å². The topological polar surface area (TPSA) is 53.6 Å². The molecule has 1 aliphatic rings. The first-order chi connectivity index (χ1) is 14.1. The zero-order chi connectivity index (χ0) is 20.9. The molecule has 0 aromatic heterocycles. The maximum absolute atomic E-state index is 12.1. The molecule has 0 radical (unpaired) electrons. The fraction of sp³-hybridized carbons (Fsp3) is 0.625. The van der Waals surface area contributed by atoms with Crippen molar-refractivity contribution in [2.24, 2.45) is 5.92 Å². The van der Waals surface area contributed by atoms with Crippen molar-refractivity contribution in [2.75, 3.05) is 38.6 Å². The molecule has 0 spiro atoms. The maximum Gasteiger partial charge on any atom is 0.319 e. The molecule has 5 nitrogen and oxygen atoms in total. The molecule has 0 bridgehead atoms. The molecule has 2 rings (SSSR count). The number of nitrogens with one attached hydrogen (secondary N) is 2. The summed E-state index contributed by atoms with van der Waals surface area (Å²) in [6.45, 7) is 9.50. The first kappa shape index (κ1) is 23.4. The zero-order valence-electron chi connectivity index (χ0n) is 18.3. The molecule has 0 unspecified atom stereocenters. The summed E-state index contributed by atoms with van der Waals surface area (Å²) in [5.74, 6) is 0.555. The summed E-state index contributed by atoms with van der Waals surface area (Å²) < 4.78 is 6.07. The lowest BCUT2D eigenvalue weighted by Gasteiger charge is -2.28. The van der Waals surface area contributed by atoms with E-state index in [1.54, 1.807) is 0 Å². The van der Waals surface area contributed by atoms with Gasteiger partial charge in [-0.1, -0.05) is 23.8 Å². The summed E-state index contributed by atoms with van der Waals surface area (Å²) in [4.78, 5) is 14.4. The van der Waals surface area contributed by atoms with E-state index >= 15 is 0 Å². The summed E-state index contributed by atoms with van der Waals surface area (Å²) >= 11 is 0. The van der Waals surface area contributed by atoms with Crippen LogP contribution in [0.25, 0.3) is 0 Å². The molecule has 0 heterocycles. The second-order valence-electron chi connectivity index (χ2n) is 8.33. The molecule has 5 heteroatoms. The average Bonchev–Trinajstić information content (AvgIpc) is 2.72. The Labute approximate surface area is 176 Å². The van der Waals surface area contributed by atoms with Crippen LogP contribution in [0.4, 0.5) is 10.5 Å². The van der Waals surface area contributed by atoms with E-state index in [1.807, 2.05) is 37.3 Å². The first-order valence-electron chi connectivity index (χ1n) is 11.1. The van der Waals surface area contributed by atoms with Crippen molar-refractivity contribution in [3.8, 4) is 0 Å². The van der Waals surface area contributed by atoms with E-state index in [2.05, 4.69) is 29.2 Å². The number of unbranched alkanes of at least 4 members (excludes halogenated alkanes) is 2. The van der Waals surface area contributed by atoms with E-state index in [0.29, 0.717) is 12.0 Å². The number of benzene rings is 1. The minimum Gasteiger partial charge on any atom is -0.378 e. The van der Waals surface area contributed by atoms with Gasteiger partial charge in [-0.25, -0.2) is 4.79 Å². The molecule has 1 fully saturated rings.